The van der Waals surface area contributed by atoms with Gasteiger partial charge in [-0.3, -0.25) is 0 Å². The Morgan fingerprint density at radius 3 is 1.39 bits per heavy atom. The van der Waals surface area contributed by atoms with Crippen LogP contribution in [0.2, 0.25) is 0 Å². The number of hydrogen-bond donors (Lipinski definition) is 1. The maximum atomic E-state index is 11.8. The van der Waals surface area contributed by atoms with Crippen molar-refractivity contribution in [1.29, 1.82) is 0 Å². The number of rotatable bonds is 4. The minimum absolute atomic E-state index is 0.0212. The Balaban J connectivity index is 2.28. The van der Waals surface area contributed by atoms with Gasteiger partial charge in [0.2, 0.25) is 0 Å². The topological polar surface area (TPSA) is 29.5 Å². The highest BCUT2D eigenvalue weighted by Gasteiger charge is 2.32. The van der Waals surface area contributed by atoms with Crippen molar-refractivity contribution in [2.45, 2.75) is 131 Å². The molecule has 0 bridgehead atoms. The van der Waals surface area contributed by atoms with E-state index in [9.17, 15) is 4.89 Å². The summed E-state index contributed by atoms with van der Waals surface area (Å²) in [6.45, 7) is 33.9. The lowest BCUT2D eigenvalue weighted by atomic mass is 9.71. The smallest absolute Gasteiger partial charge is 0.262 e. The Hall–Kier alpha value is -2.15. The zero-order chi connectivity index (χ0) is 31.3. The normalized spacial score (nSPS) is 14.2. The average molecular weight is 575 g/mol. The van der Waals surface area contributed by atoms with E-state index in [1.54, 1.807) is 0 Å². The molecule has 224 valence electrons. The lowest BCUT2D eigenvalue weighted by Gasteiger charge is -2.34. The zero-order valence-electron chi connectivity index (χ0n) is 28.5. The summed E-state index contributed by atoms with van der Waals surface area (Å²) in [7, 11) is -1.92. The van der Waals surface area contributed by atoms with Gasteiger partial charge >= 0.3 is 0 Å². The van der Waals surface area contributed by atoms with Crippen molar-refractivity contribution in [3.05, 3.63) is 82.4 Å². The first kappa shape index (κ1) is 33.4. The third-order valence-corrected chi connectivity index (χ3v) is 9.01. The molecule has 0 amide bonds. The van der Waals surface area contributed by atoms with E-state index < -0.39 is 8.38 Å². The Labute approximate surface area is 252 Å². The van der Waals surface area contributed by atoms with Gasteiger partial charge < -0.3 is 9.42 Å². The van der Waals surface area contributed by atoms with Crippen LogP contribution in [0.25, 0.3) is 11.1 Å². The maximum absolute atomic E-state index is 11.8. The molecule has 1 N–H and O–H groups in total. The highest BCUT2D eigenvalue weighted by molar-refractivity contribution is 7.55. The summed E-state index contributed by atoms with van der Waals surface area (Å²) in [5.41, 5.74) is 8.33. The van der Waals surface area contributed by atoms with E-state index in [-0.39, 0.29) is 27.1 Å². The van der Waals surface area contributed by atoms with E-state index in [2.05, 4.69) is 146 Å². The van der Waals surface area contributed by atoms with Gasteiger partial charge in [0.15, 0.2) is 0 Å². The molecule has 0 saturated heterocycles. The second-order valence-electron chi connectivity index (χ2n) is 16.8. The van der Waals surface area contributed by atoms with Gasteiger partial charge in [-0.15, -0.1) is 0 Å². The lowest BCUT2D eigenvalue weighted by molar-refractivity contribution is 0.477. The van der Waals surface area contributed by atoms with Crippen molar-refractivity contribution in [2.24, 2.45) is 0 Å². The molecule has 3 aromatic rings. The van der Waals surface area contributed by atoms with Gasteiger partial charge in [0, 0.05) is 10.9 Å². The van der Waals surface area contributed by atoms with Gasteiger partial charge in [0.25, 0.3) is 8.38 Å². The summed E-state index contributed by atoms with van der Waals surface area (Å²) >= 11 is 0. The molecular formula is C38H55O2P. The third kappa shape index (κ3) is 7.63. The van der Waals surface area contributed by atoms with E-state index in [0.29, 0.717) is 0 Å². The molecule has 1 atom stereocenters. The standard InChI is InChI=1S/C38H55O2P/c1-34(2,3)25-20-21-31(28(22-25)36(7,8)9)40-41(39)32-19-17-16-18-27(32)33-29(37(10,11)12)23-26(35(4,5)6)24-30(33)38(13,14)15/h16-24,39H,1-15H3. The predicted octanol–water partition coefficient (Wildman–Crippen LogP) is 10.8. The molecule has 2 nitrogen and oxygen atoms in total. The molecule has 1 unspecified atom stereocenters. The van der Waals surface area contributed by atoms with Gasteiger partial charge in [0.1, 0.15) is 5.75 Å². The van der Waals surface area contributed by atoms with Crippen molar-refractivity contribution in [1.82, 2.24) is 0 Å². The van der Waals surface area contributed by atoms with E-state index in [0.717, 1.165) is 22.2 Å². The highest BCUT2D eigenvalue weighted by Crippen LogP contribution is 2.47. The highest BCUT2D eigenvalue weighted by atomic mass is 31.2. The summed E-state index contributed by atoms with van der Waals surface area (Å²) in [5.74, 6) is 0.754. The van der Waals surface area contributed by atoms with Crippen LogP contribution in [0.4, 0.5) is 0 Å². The quantitative estimate of drug-likeness (QED) is 0.314. The first-order valence-electron chi connectivity index (χ1n) is 15.0. The fraction of sp³-hybridized carbons (Fsp3) is 0.526. The summed E-state index contributed by atoms with van der Waals surface area (Å²) in [6, 6.07) is 19.5. The first-order valence-corrected chi connectivity index (χ1v) is 16.2. The van der Waals surface area contributed by atoms with Crippen LogP contribution in [-0.4, -0.2) is 4.89 Å². The van der Waals surface area contributed by atoms with Crippen LogP contribution in [0.3, 0.4) is 0 Å². The van der Waals surface area contributed by atoms with Crippen molar-refractivity contribution < 1.29 is 9.42 Å². The molecule has 41 heavy (non-hydrogen) atoms. The van der Waals surface area contributed by atoms with Gasteiger partial charge in [-0.25, -0.2) is 0 Å². The molecule has 0 spiro atoms. The SMILES string of the molecule is CC(C)(C)c1ccc(OP(O)c2ccccc2-c2c(C(C)(C)C)cc(C(C)(C)C)cc2C(C)(C)C)c(C(C)(C)C)c1. The molecule has 0 aliphatic rings. The minimum atomic E-state index is -1.92. The fourth-order valence-corrected chi connectivity index (χ4v) is 6.25. The molecule has 3 rings (SSSR count). The Morgan fingerprint density at radius 2 is 0.951 bits per heavy atom. The molecule has 0 radical (unpaired) electrons. The van der Waals surface area contributed by atoms with E-state index in [1.807, 2.05) is 12.1 Å². The number of benzene rings is 3. The van der Waals surface area contributed by atoms with Crippen LogP contribution >= 0.6 is 8.38 Å². The van der Waals surface area contributed by atoms with Gasteiger partial charge in [-0.1, -0.05) is 146 Å². The fourth-order valence-electron chi connectivity index (χ4n) is 5.20. The molecule has 0 saturated carbocycles. The Morgan fingerprint density at radius 1 is 0.512 bits per heavy atom. The van der Waals surface area contributed by atoms with Gasteiger partial charge in [-0.05, 0) is 72.6 Å². The zero-order valence-corrected chi connectivity index (χ0v) is 29.4. The monoisotopic (exact) mass is 574 g/mol. The molecule has 0 aromatic heterocycles. The van der Waals surface area contributed by atoms with Crippen molar-refractivity contribution in [3.63, 3.8) is 0 Å². The van der Waals surface area contributed by atoms with Crippen LogP contribution < -0.4 is 9.83 Å². The second-order valence-corrected chi connectivity index (χ2v) is 18.0. The van der Waals surface area contributed by atoms with E-state index >= 15 is 0 Å². The van der Waals surface area contributed by atoms with Crippen LogP contribution in [0.1, 0.15) is 132 Å². The molecule has 0 aliphatic carbocycles. The Bertz CT molecular complexity index is 1340. The van der Waals surface area contributed by atoms with Crippen LogP contribution in [0.5, 0.6) is 5.75 Å². The molecule has 3 aromatic carbocycles. The average Bonchev–Trinajstić information content (AvgIpc) is 2.80. The van der Waals surface area contributed by atoms with E-state index in [1.165, 1.54) is 27.8 Å². The number of hydrogen-bond acceptors (Lipinski definition) is 2. The lowest BCUT2D eigenvalue weighted by Crippen LogP contribution is -2.24. The molecule has 0 aliphatic heterocycles. The maximum Gasteiger partial charge on any atom is 0.262 e. The van der Waals surface area contributed by atoms with Crippen molar-refractivity contribution >= 4 is 13.7 Å². The van der Waals surface area contributed by atoms with E-state index in [4.69, 9.17) is 4.52 Å². The Kier molecular flexibility index (Phi) is 9.08. The largest absolute Gasteiger partial charge is 0.444 e. The molecule has 0 heterocycles. The summed E-state index contributed by atoms with van der Waals surface area (Å²) in [5, 5.41) is 0.849. The van der Waals surface area contributed by atoms with Crippen LogP contribution in [-0.2, 0) is 27.1 Å². The van der Waals surface area contributed by atoms with Crippen molar-refractivity contribution in [2.75, 3.05) is 0 Å². The minimum Gasteiger partial charge on any atom is -0.444 e. The van der Waals surface area contributed by atoms with Gasteiger partial charge in [0.05, 0.1) is 0 Å². The van der Waals surface area contributed by atoms with Gasteiger partial charge in [-0.2, -0.15) is 0 Å². The van der Waals surface area contributed by atoms with Crippen molar-refractivity contribution in [3.8, 4) is 16.9 Å². The molecule has 0 fully saturated rings. The first-order chi connectivity index (χ1) is 18.4. The van der Waals surface area contributed by atoms with Crippen LogP contribution in [0.15, 0.2) is 54.6 Å². The van der Waals surface area contributed by atoms with Crippen LogP contribution in [0, 0.1) is 0 Å². The summed E-state index contributed by atoms with van der Waals surface area (Å²) < 4.78 is 6.54. The third-order valence-electron chi connectivity index (χ3n) is 7.84. The second kappa shape index (κ2) is 11.2. The summed E-state index contributed by atoms with van der Waals surface area (Å²) in [6.07, 6.45) is 0. The predicted molar refractivity (Wildman–Crippen MR) is 181 cm³/mol. The summed E-state index contributed by atoms with van der Waals surface area (Å²) in [4.78, 5) is 11.8. The molecular weight excluding hydrogens is 519 g/mol. The molecule has 3 heteroatoms.